The summed E-state index contributed by atoms with van der Waals surface area (Å²) in [5.41, 5.74) is 0.148. The predicted octanol–water partition coefficient (Wildman–Crippen LogP) is 3.46. The molecule has 20 heavy (non-hydrogen) atoms. The van der Waals surface area contributed by atoms with E-state index in [0.29, 0.717) is 5.02 Å². The first-order valence-electron chi connectivity index (χ1n) is 6.39. The Morgan fingerprint density at radius 1 is 1.25 bits per heavy atom. The van der Waals surface area contributed by atoms with E-state index < -0.39 is 5.97 Å². The lowest BCUT2D eigenvalue weighted by molar-refractivity contribution is -0.125. The van der Waals surface area contributed by atoms with Crippen molar-refractivity contribution < 1.29 is 14.3 Å². The average molecular weight is 318 g/mol. The van der Waals surface area contributed by atoms with Crippen molar-refractivity contribution in [3.63, 3.8) is 0 Å². The van der Waals surface area contributed by atoms with Gasteiger partial charge in [0.25, 0.3) is 5.91 Å². The molecule has 4 nitrogen and oxygen atoms in total. The van der Waals surface area contributed by atoms with E-state index in [1.54, 1.807) is 6.07 Å². The van der Waals surface area contributed by atoms with Gasteiger partial charge in [-0.3, -0.25) is 4.79 Å². The van der Waals surface area contributed by atoms with Gasteiger partial charge in [0.05, 0.1) is 10.6 Å². The van der Waals surface area contributed by atoms with Crippen molar-refractivity contribution in [2.75, 3.05) is 6.61 Å². The summed E-state index contributed by atoms with van der Waals surface area (Å²) in [5.74, 6) is -0.998. The van der Waals surface area contributed by atoms with Crippen LogP contribution in [0.1, 0.15) is 37.0 Å². The van der Waals surface area contributed by atoms with Crippen LogP contribution >= 0.6 is 23.2 Å². The van der Waals surface area contributed by atoms with E-state index in [0.717, 1.165) is 12.8 Å². The lowest BCUT2D eigenvalue weighted by Crippen LogP contribution is -2.36. The van der Waals surface area contributed by atoms with Crippen LogP contribution in [0.2, 0.25) is 10.0 Å². The number of carbonyl (C=O) groups is 2. The summed E-state index contributed by atoms with van der Waals surface area (Å²) in [6.45, 7) is 3.62. The minimum Gasteiger partial charge on any atom is -0.452 e. The number of ether oxygens (including phenoxy) is 1. The zero-order valence-corrected chi connectivity index (χ0v) is 12.9. The topological polar surface area (TPSA) is 55.4 Å². The molecule has 0 heterocycles. The van der Waals surface area contributed by atoms with Crippen LogP contribution in [0.25, 0.3) is 0 Å². The van der Waals surface area contributed by atoms with Gasteiger partial charge >= 0.3 is 5.97 Å². The Bertz CT molecular complexity index is 487. The summed E-state index contributed by atoms with van der Waals surface area (Å²) in [7, 11) is 0. The minimum absolute atomic E-state index is 0.0935. The third kappa shape index (κ3) is 5.02. The van der Waals surface area contributed by atoms with Crippen LogP contribution in [0.15, 0.2) is 18.2 Å². The third-order valence-electron chi connectivity index (χ3n) is 2.83. The normalized spacial score (nSPS) is 10.4. The molecule has 6 heteroatoms. The molecule has 0 unspecified atom stereocenters. The van der Waals surface area contributed by atoms with E-state index in [-0.39, 0.29) is 29.1 Å². The highest BCUT2D eigenvalue weighted by Gasteiger charge is 2.15. The highest BCUT2D eigenvalue weighted by atomic mass is 35.5. The molecule has 0 spiro atoms. The molecule has 0 aromatic heterocycles. The summed E-state index contributed by atoms with van der Waals surface area (Å²) in [4.78, 5) is 23.4. The first-order valence-corrected chi connectivity index (χ1v) is 7.15. The van der Waals surface area contributed by atoms with Crippen LogP contribution in [-0.2, 0) is 9.53 Å². The monoisotopic (exact) mass is 317 g/mol. The van der Waals surface area contributed by atoms with Gasteiger partial charge in [-0.1, -0.05) is 37.0 Å². The Labute approximate surface area is 128 Å². The quantitative estimate of drug-likeness (QED) is 0.817. The van der Waals surface area contributed by atoms with Crippen molar-refractivity contribution in [3.8, 4) is 0 Å². The van der Waals surface area contributed by atoms with E-state index in [9.17, 15) is 9.59 Å². The maximum atomic E-state index is 11.8. The summed E-state index contributed by atoms with van der Waals surface area (Å²) < 4.78 is 4.92. The first kappa shape index (κ1) is 16.8. The Kier molecular flexibility index (Phi) is 6.82. The second kappa shape index (κ2) is 8.12. The predicted molar refractivity (Wildman–Crippen MR) is 79.3 cm³/mol. The number of benzene rings is 1. The van der Waals surface area contributed by atoms with Gasteiger partial charge in [-0.05, 0) is 31.0 Å². The summed E-state index contributed by atoms with van der Waals surface area (Å²) in [5, 5.41) is 3.39. The zero-order chi connectivity index (χ0) is 15.1. The van der Waals surface area contributed by atoms with E-state index >= 15 is 0 Å². The molecule has 1 aromatic carbocycles. The van der Waals surface area contributed by atoms with Crippen molar-refractivity contribution in [2.24, 2.45) is 0 Å². The van der Waals surface area contributed by atoms with Crippen LogP contribution in [0.4, 0.5) is 0 Å². The van der Waals surface area contributed by atoms with E-state index in [1.807, 2.05) is 13.8 Å². The van der Waals surface area contributed by atoms with Crippen LogP contribution in [0, 0.1) is 0 Å². The van der Waals surface area contributed by atoms with Gasteiger partial charge in [-0.25, -0.2) is 4.79 Å². The Morgan fingerprint density at radius 2 is 1.90 bits per heavy atom. The molecular weight excluding hydrogens is 301 g/mol. The molecular formula is C14H17Cl2NO3. The fourth-order valence-electron chi connectivity index (χ4n) is 1.62. The first-order chi connectivity index (χ1) is 9.47. The molecule has 0 aliphatic heterocycles. The molecule has 0 aliphatic rings. The Morgan fingerprint density at radius 3 is 2.50 bits per heavy atom. The average Bonchev–Trinajstić information content (AvgIpc) is 2.44. The zero-order valence-electron chi connectivity index (χ0n) is 11.4. The molecule has 0 bridgehead atoms. The number of amides is 1. The molecule has 0 saturated heterocycles. The number of halogens is 2. The molecule has 0 radical (unpaired) electrons. The SMILES string of the molecule is CCC(CC)NC(=O)COC(=O)c1cc(Cl)ccc1Cl. The molecule has 1 rings (SSSR count). The van der Waals surface area contributed by atoms with E-state index in [4.69, 9.17) is 27.9 Å². The van der Waals surface area contributed by atoms with Gasteiger partial charge in [-0.2, -0.15) is 0 Å². The maximum absolute atomic E-state index is 11.8. The van der Waals surface area contributed by atoms with E-state index in [1.165, 1.54) is 12.1 Å². The summed E-state index contributed by atoms with van der Waals surface area (Å²) in [6.07, 6.45) is 1.66. The van der Waals surface area contributed by atoms with Crippen molar-refractivity contribution in [1.82, 2.24) is 5.32 Å². The Balaban J connectivity index is 2.55. The summed E-state index contributed by atoms with van der Waals surface area (Å²) in [6, 6.07) is 4.58. The number of carbonyl (C=O) groups excluding carboxylic acids is 2. The highest BCUT2D eigenvalue weighted by Crippen LogP contribution is 2.21. The van der Waals surface area contributed by atoms with Gasteiger partial charge in [0, 0.05) is 11.1 Å². The fraction of sp³-hybridized carbons (Fsp3) is 0.429. The van der Waals surface area contributed by atoms with Crippen molar-refractivity contribution in [2.45, 2.75) is 32.7 Å². The van der Waals surface area contributed by atoms with Gasteiger partial charge < -0.3 is 10.1 Å². The van der Waals surface area contributed by atoms with Crippen LogP contribution in [-0.4, -0.2) is 24.5 Å². The molecule has 1 aromatic rings. The second-order valence-corrected chi connectivity index (χ2v) is 5.12. The molecule has 110 valence electrons. The minimum atomic E-state index is -0.669. The lowest BCUT2D eigenvalue weighted by Gasteiger charge is -2.14. The van der Waals surface area contributed by atoms with Gasteiger partial charge in [-0.15, -0.1) is 0 Å². The Hall–Kier alpha value is -1.26. The standard InChI is InChI=1S/C14H17Cl2NO3/c1-3-10(4-2)17-13(18)8-20-14(19)11-7-9(15)5-6-12(11)16/h5-7,10H,3-4,8H2,1-2H3,(H,17,18). The molecule has 0 atom stereocenters. The van der Waals surface area contributed by atoms with Crippen molar-refractivity contribution in [3.05, 3.63) is 33.8 Å². The molecule has 0 saturated carbocycles. The van der Waals surface area contributed by atoms with Gasteiger partial charge in [0.1, 0.15) is 0 Å². The van der Waals surface area contributed by atoms with Crippen molar-refractivity contribution >= 4 is 35.1 Å². The molecule has 1 amide bonds. The number of rotatable bonds is 6. The fourth-order valence-corrected chi connectivity index (χ4v) is 1.99. The largest absolute Gasteiger partial charge is 0.452 e. The third-order valence-corrected chi connectivity index (χ3v) is 3.40. The smallest absolute Gasteiger partial charge is 0.340 e. The maximum Gasteiger partial charge on any atom is 0.340 e. The lowest BCUT2D eigenvalue weighted by atomic mass is 10.2. The van der Waals surface area contributed by atoms with Gasteiger partial charge in [0.2, 0.25) is 0 Å². The molecule has 1 N–H and O–H groups in total. The van der Waals surface area contributed by atoms with E-state index in [2.05, 4.69) is 5.32 Å². The van der Waals surface area contributed by atoms with Crippen LogP contribution in [0.5, 0.6) is 0 Å². The van der Waals surface area contributed by atoms with Crippen LogP contribution < -0.4 is 5.32 Å². The number of hydrogen-bond acceptors (Lipinski definition) is 3. The number of esters is 1. The number of hydrogen-bond donors (Lipinski definition) is 1. The second-order valence-electron chi connectivity index (χ2n) is 4.28. The molecule has 0 fully saturated rings. The van der Waals surface area contributed by atoms with Crippen LogP contribution in [0.3, 0.4) is 0 Å². The van der Waals surface area contributed by atoms with Crippen molar-refractivity contribution in [1.29, 1.82) is 0 Å². The molecule has 0 aliphatic carbocycles. The number of nitrogens with one attached hydrogen (secondary N) is 1. The highest BCUT2D eigenvalue weighted by molar-refractivity contribution is 6.35. The summed E-state index contributed by atoms with van der Waals surface area (Å²) >= 11 is 11.7. The van der Waals surface area contributed by atoms with Gasteiger partial charge in [0.15, 0.2) is 6.61 Å².